The van der Waals surface area contributed by atoms with Crippen molar-refractivity contribution in [2.45, 2.75) is 57.3 Å². The molecule has 5 rings (SSSR count). The van der Waals surface area contributed by atoms with E-state index in [0.29, 0.717) is 59.8 Å². The summed E-state index contributed by atoms with van der Waals surface area (Å²) in [6.07, 6.45) is 0.159. The third-order valence-corrected chi connectivity index (χ3v) is 6.47. The van der Waals surface area contributed by atoms with E-state index in [9.17, 15) is 23.1 Å². The number of carbonyl (C=O) groups excluding carboxylic acids is 1. The molecule has 34 heavy (non-hydrogen) atoms. The van der Waals surface area contributed by atoms with Crippen molar-refractivity contribution in [3.8, 4) is 17.0 Å². The van der Waals surface area contributed by atoms with Crippen LogP contribution in [0.5, 0.6) is 5.75 Å². The number of benzene rings is 1. The number of hydrogen-bond donors (Lipinski definition) is 3. The van der Waals surface area contributed by atoms with Gasteiger partial charge in [-0.1, -0.05) is 0 Å². The maximum Gasteiger partial charge on any atom is 0.416 e. The van der Waals surface area contributed by atoms with Crippen molar-refractivity contribution in [3.05, 3.63) is 41.3 Å². The van der Waals surface area contributed by atoms with E-state index in [-0.39, 0.29) is 23.2 Å². The molecular formula is C24H25F3N4O3. The number of halogens is 3. The van der Waals surface area contributed by atoms with E-state index >= 15 is 0 Å². The Morgan fingerprint density at radius 2 is 2.03 bits per heavy atom. The first-order valence-electron chi connectivity index (χ1n) is 11.4. The lowest BCUT2D eigenvalue weighted by Crippen LogP contribution is -2.33. The maximum absolute atomic E-state index is 13.5. The van der Waals surface area contributed by atoms with Crippen molar-refractivity contribution in [1.29, 1.82) is 0 Å². The summed E-state index contributed by atoms with van der Waals surface area (Å²) in [6.45, 7) is 2.14. The van der Waals surface area contributed by atoms with Gasteiger partial charge in [-0.05, 0) is 63.1 Å². The number of ether oxygens (including phenoxy) is 1. The lowest BCUT2D eigenvalue weighted by molar-refractivity contribution is -0.137. The SMILES string of the molecule is Cc1[nH]c2c(-c3cc(C(F)(F)F)ccc3OCC3CC3)ncnc2c1C(=O)N[C@H]1CC[C@@H](O)C1. The lowest BCUT2D eigenvalue weighted by Gasteiger charge is -2.15. The Morgan fingerprint density at radius 1 is 1.24 bits per heavy atom. The smallest absolute Gasteiger partial charge is 0.416 e. The number of aromatic amines is 1. The van der Waals surface area contributed by atoms with E-state index in [4.69, 9.17) is 4.74 Å². The number of aromatic nitrogens is 3. The molecule has 180 valence electrons. The molecule has 2 fully saturated rings. The number of nitrogens with one attached hydrogen (secondary N) is 2. The second-order valence-corrected chi connectivity index (χ2v) is 9.17. The summed E-state index contributed by atoms with van der Waals surface area (Å²) < 4.78 is 46.4. The van der Waals surface area contributed by atoms with Crippen LogP contribution in [0.25, 0.3) is 22.3 Å². The van der Waals surface area contributed by atoms with Crippen LogP contribution in [0.3, 0.4) is 0 Å². The second-order valence-electron chi connectivity index (χ2n) is 9.17. The predicted octanol–water partition coefficient (Wildman–Crippen LogP) is 4.38. The molecule has 2 atom stereocenters. The van der Waals surface area contributed by atoms with Crippen molar-refractivity contribution in [2.24, 2.45) is 5.92 Å². The Labute approximate surface area is 193 Å². The van der Waals surface area contributed by atoms with Crippen LogP contribution >= 0.6 is 0 Å². The van der Waals surface area contributed by atoms with Crippen LogP contribution in [0.2, 0.25) is 0 Å². The van der Waals surface area contributed by atoms with Crippen molar-refractivity contribution >= 4 is 16.9 Å². The summed E-state index contributed by atoms with van der Waals surface area (Å²) in [7, 11) is 0. The maximum atomic E-state index is 13.5. The minimum atomic E-state index is -4.53. The molecule has 3 N–H and O–H groups in total. The molecule has 0 saturated heterocycles. The van der Waals surface area contributed by atoms with Crippen LogP contribution < -0.4 is 10.1 Å². The van der Waals surface area contributed by atoms with Gasteiger partial charge in [-0.2, -0.15) is 13.2 Å². The Kier molecular flexibility index (Phi) is 5.71. The number of H-pyrrole nitrogens is 1. The van der Waals surface area contributed by atoms with E-state index in [1.165, 1.54) is 12.4 Å². The first-order chi connectivity index (χ1) is 16.2. The number of amides is 1. The third-order valence-electron chi connectivity index (χ3n) is 6.47. The van der Waals surface area contributed by atoms with Crippen LogP contribution in [0.1, 0.15) is 53.7 Å². The number of carbonyl (C=O) groups is 1. The number of aliphatic hydroxyl groups is 1. The molecule has 2 aliphatic rings. The number of hydrogen-bond acceptors (Lipinski definition) is 5. The average Bonchev–Trinajstić information content (AvgIpc) is 3.43. The molecule has 2 aliphatic carbocycles. The van der Waals surface area contributed by atoms with Gasteiger partial charge in [0.25, 0.3) is 5.91 Å². The minimum Gasteiger partial charge on any atom is -0.493 e. The van der Waals surface area contributed by atoms with Gasteiger partial charge in [-0.25, -0.2) is 9.97 Å². The van der Waals surface area contributed by atoms with Gasteiger partial charge in [-0.15, -0.1) is 0 Å². The summed E-state index contributed by atoms with van der Waals surface area (Å²) in [5.41, 5.74) is 1.15. The van der Waals surface area contributed by atoms with Crippen LogP contribution in [0, 0.1) is 12.8 Å². The van der Waals surface area contributed by atoms with Crippen LogP contribution in [-0.4, -0.2) is 44.7 Å². The number of alkyl halides is 3. The van der Waals surface area contributed by atoms with Crippen molar-refractivity contribution < 1.29 is 27.8 Å². The highest BCUT2D eigenvalue weighted by molar-refractivity contribution is 6.09. The fourth-order valence-corrected chi connectivity index (χ4v) is 4.46. The van der Waals surface area contributed by atoms with E-state index in [0.717, 1.165) is 25.0 Å². The average molecular weight is 474 g/mol. The van der Waals surface area contributed by atoms with E-state index in [1.807, 2.05) is 0 Å². The van der Waals surface area contributed by atoms with Crippen molar-refractivity contribution in [2.75, 3.05) is 6.61 Å². The fourth-order valence-electron chi connectivity index (χ4n) is 4.46. The standard InChI is InChI=1S/C24H25F3N4O3/c1-12-19(23(33)31-15-5-6-16(32)9-15)21-22(30-12)20(28-11-29-21)17-8-14(24(25,26)27)4-7-18(17)34-10-13-2-3-13/h4,7-8,11,13,15-16,30,32H,2-3,5-6,9-10H2,1H3,(H,31,33)/t15-,16+/m0/s1. The van der Waals surface area contributed by atoms with Gasteiger partial charge in [0.2, 0.25) is 0 Å². The largest absolute Gasteiger partial charge is 0.493 e. The Morgan fingerprint density at radius 3 is 2.71 bits per heavy atom. The van der Waals surface area contributed by atoms with Crippen LogP contribution in [-0.2, 0) is 6.18 Å². The molecule has 0 radical (unpaired) electrons. The van der Waals surface area contributed by atoms with Gasteiger partial charge in [0.05, 0.1) is 29.4 Å². The Bertz CT molecular complexity index is 1240. The zero-order valence-corrected chi connectivity index (χ0v) is 18.6. The van der Waals surface area contributed by atoms with E-state index in [2.05, 4.69) is 20.3 Å². The highest BCUT2D eigenvalue weighted by Gasteiger charge is 2.33. The molecule has 0 aliphatic heterocycles. The summed E-state index contributed by atoms with van der Waals surface area (Å²) >= 11 is 0. The number of fused-ring (bicyclic) bond motifs is 1. The third kappa shape index (κ3) is 4.46. The molecule has 1 aromatic carbocycles. The van der Waals surface area contributed by atoms with Gasteiger partial charge < -0.3 is 20.1 Å². The normalized spacial score (nSPS) is 20.6. The first-order valence-corrected chi connectivity index (χ1v) is 11.4. The number of rotatable bonds is 6. The van der Waals surface area contributed by atoms with Gasteiger partial charge >= 0.3 is 6.18 Å². The quantitative estimate of drug-likeness (QED) is 0.492. The molecular weight excluding hydrogens is 449 g/mol. The van der Waals surface area contributed by atoms with Crippen molar-refractivity contribution in [3.63, 3.8) is 0 Å². The van der Waals surface area contributed by atoms with Gasteiger partial charge in [-0.3, -0.25) is 4.79 Å². The molecule has 3 aromatic rings. The minimum absolute atomic E-state index is 0.140. The molecule has 2 heterocycles. The number of aryl methyl sites for hydroxylation is 1. The summed E-state index contributed by atoms with van der Waals surface area (Å²) in [5, 5.41) is 12.7. The molecule has 7 nitrogen and oxygen atoms in total. The highest BCUT2D eigenvalue weighted by atomic mass is 19.4. The highest BCUT2D eigenvalue weighted by Crippen LogP contribution is 2.40. The van der Waals surface area contributed by atoms with E-state index in [1.54, 1.807) is 6.92 Å². The molecule has 0 bridgehead atoms. The van der Waals surface area contributed by atoms with E-state index < -0.39 is 17.8 Å². The summed E-state index contributed by atoms with van der Waals surface area (Å²) in [5.74, 6) is 0.373. The second kappa shape index (κ2) is 8.57. The lowest BCUT2D eigenvalue weighted by atomic mass is 10.0. The van der Waals surface area contributed by atoms with Crippen LogP contribution in [0.4, 0.5) is 13.2 Å². The topological polar surface area (TPSA) is 100 Å². The Hall–Kier alpha value is -3.14. The number of nitrogens with zero attached hydrogens (tertiary/aromatic N) is 2. The number of aliphatic hydroxyl groups excluding tert-OH is 1. The Balaban J connectivity index is 1.56. The zero-order valence-electron chi connectivity index (χ0n) is 18.6. The molecule has 1 amide bonds. The van der Waals surface area contributed by atoms with Gasteiger partial charge in [0.15, 0.2) is 0 Å². The molecule has 2 saturated carbocycles. The predicted molar refractivity (Wildman–Crippen MR) is 118 cm³/mol. The fraction of sp³-hybridized carbons (Fsp3) is 0.458. The summed E-state index contributed by atoms with van der Waals surface area (Å²) in [6, 6.07) is 3.21. The molecule has 0 unspecified atom stereocenters. The molecule has 10 heteroatoms. The zero-order chi connectivity index (χ0) is 24.0. The molecule has 0 spiro atoms. The van der Waals surface area contributed by atoms with Gasteiger partial charge in [0.1, 0.15) is 23.3 Å². The summed E-state index contributed by atoms with van der Waals surface area (Å²) in [4.78, 5) is 24.7. The van der Waals surface area contributed by atoms with Crippen LogP contribution in [0.15, 0.2) is 24.5 Å². The van der Waals surface area contributed by atoms with Gasteiger partial charge in [0, 0.05) is 17.3 Å². The monoisotopic (exact) mass is 474 g/mol. The molecule has 2 aromatic heterocycles. The van der Waals surface area contributed by atoms with Crippen molar-refractivity contribution in [1.82, 2.24) is 20.3 Å². The first kappa shape index (κ1) is 22.6.